The van der Waals surface area contributed by atoms with E-state index in [4.69, 9.17) is 9.47 Å². The molecule has 1 N–H and O–H groups in total. The minimum absolute atomic E-state index is 0.278. The van der Waals surface area contributed by atoms with Crippen molar-refractivity contribution in [3.63, 3.8) is 0 Å². The summed E-state index contributed by atoms with van der Waals surface area (Å²) in [5.41, 5.74) is 0.278. The van der Waals surface area contributed by atoms with Crippen LogP contribution in [0.2, 0.25) is 0 Å². The molecule has 0 bridgehead atoms. The Kier molecular flexibility index (Phi) is 5.21. The van der Waals surface area contributed by atoms with Crippen molar-refractivity contribution < 1.29 is 19.4 Å². The predicted molar refractivity (Wildman–Crippen MR) is 71.6 cm³/mol. The summed E-state index contributed by atoms with van der Waals surface area (Å²) in [6.45, 7) is 1.94. The summed E-state index contributed by atoms with van der Waals surface area (Å²) in [7, 11) is 1.47. The molecule has 0 unspecified atom stereocenters. The molecule has 0 saturated carbocycles. The van der Waals surface area contributed by atoms with Crippen LogP contribution in [0.15, 0.2) is 10.1 Å². The Morgan fingerprint density at radius 1 is 1.69 bits per heavy atom. The fraction of sp³-hybridized carbons (Fsp3) is 0.700. The first-order chi connectivity index (χ1) is 7.52. The molecule has 92 valence electrons. The van der Waals surface area contributed by atoms with Crippen molar-refractivity contribution in [3.8, 4) is 0 Å². The third-order valence-electron chi connectivity index (χ3n) is 2.45. The van der Waals surface area contributed by atoms with E-state index in [9.17, 15) is 9.90 Å². The lowest BCUT2D eigenvalue weighted by Gasteiger charge is -2.24. The van der Waals surface area contributed by atoms with Crippen LogP contribution in [0.4, 0.5) is 0 Å². The van der Waals surface area contributed by atoms with Gasteiger partial charge < -0.3 is 14.6 Å². The van der Waals surface area contributed by atoms with Gasteiger partial charge in [0.1, 0.15) is 0 Å². The maximum absolute atomic E-state index is 11.7. The Bertz CT molecular complexity index is 312. The van der Waals surface area contributed by atoms with Crippen LogP contribution in [0, 0.1) is 0 Å². The SMILES string of the molecule is CCC[C@@H](O)C1=C(Br)[C@](CI)(OC)OC1=O. The van der Waals surface area contributed by atoms with Crippen LogP contribution in [0.5, 0.6) is 0 Å². The molecule has 0 aliphatic carbocycles. The Morgan fingerprint density at radius 3 is 2.69 bits per heavy atom. The number of aliphatic hydroxyl groups is 1. The van der Waals surface area contributed by atoms with Gasteiger partial charge in [-0.15, -0.1) is 0 Å². The minimum atomic E-state index is -1.07. The molecule has 1 aliphatic heterocycles. The second kappa shape index (κ2) is 5.79. The summed E-state index contributed by atoms with van der Waals surface area (Å²) in [5, 5.41) is 9.87. The van der Waals surface area contributed by atoms with Gasteiger partial charge in [-0.05, 0) is 22.4 Å². The average molecular weight is 405 g/mol. The number of methoxy groups -OCH3 is 1. The third kappa shape index (κ3) is 2.44. The van der Waals surface area contributed by atoms with Crippen molar-refractivity contribution in [2.24, 2.45) is 0 Å². The minimum Gasteiger partial charge on any atom is -0.424 e. The summed E-state index contributed by atoms with van der Waals surface area (Å²) < 4.78 is 11.4. The average Bonchev–Trinajstić information content (AvgIpc) is 2.51. The molecule has 0 spiro atoms. The summed E-state index contributed by atoms with van der Waals surface area (Å²) in [4.78, 5) is 11.7. The van der Waals surface area contributed by atoms with Crippen molar-refractivity contribution in [1.29, 1.82) is 0 Å². The van der Waals surface area contributed by atoms with Gasteiger partial charge in [-0.2, -0.15) is 0 Å². The van der Waals surface area contributed by atoms with Gasteiger partial charge in [0.15, 0.2) is 0 Å². The fourth-order valence-electron chi connectivity index (χ4n) is 1.52. The molecule has 1 rings (SSSR count). The summed E-state index contributed by atoms with van der Waals surface area (Å²) in [5.74, 6) is -1.58. The molecule has 2 atom stereocenters. The Hall–Kier alpha value is 0.340. The summed E-state index contributed by atoms with van der Waals surface area (Å²) in [6, 6.07) is 0. The van der Waals surface area contributed by atoms with E-state index in [2.05, 4.69) is 38.5 Å². The zero-order valence-corrected chi connectivity index (χ0v) is 12.9. The van der Waals surface area contributed by atoms with Gasteiger partial charge in [0.2, 0.25) is 0 Å². The molecular formula is C10H14BrIO4. The lowest BCUT2D eigenvalue weighted by atomic mass is 10.1. The zero-order valence-electron chi connectivity index (χ0n) is 9.13. The number of ether oxygens (including phenoxy) is 2. The number of hydrogen-bond acceptors (Lipinski definition) is 4. The Balaban J connectivity index is 3.05. The highest BCUT2D eigenvalue weighted by Gasteiger charge is 2.48. The topological polar surface area (TPSA) is 55.8 Å². The molecule has 1 aliphatic rings. The van der Waals surface area contributed by atoms with Crippen molar-refractivity contribution in [3.05, 3.63) is 10.1 Å². The standard InChI is InChI=1S/C10H14BrIO4/c1-3-4-6(13)7-8(11)10(5-12,15-2)16-9(7)14/h6,13H,3-5H2,1-2H3/t6-,10-/m1/s1. The lowest BCUT2D eigenvalue weighted by molar-refractivity contribution is -0.180. The Labute approximate surface area is 117 Å². The highest BCUT2D eigenvalue weighted by molar-refractivity contribution is 14.1. The number of hydrogen-bond donors (Lipinski definition) is 1. The van der Waals surface area contributed by atoms with Gasteiger partial charge in [0.05, 0.1) is 20.6 Å². The largest absolute Gasteiger partial charge is 0.424 e. The molecule has 0 aromatic carbocycles. The van der Waals surface area contributed by atoms with E-state index in [-0.39, 0.29) is 5.57 Å². The van der Waals surface area contributed by atoms with E-state index < -0.39 is 17.9 Å². The van der Waals surface area contributed by atoms with Crippen LogP contribution in [0.1, 0.15) is 19.8 Å². The highest BCUT2D eigenvalue weighted by Crippen LogP contribution is 2.40. The second-order valence-electron chi connectivity index (χ2n) is 3.51. The number of carbonyl (C=O) groups excluding carboxylic acids is 1. The Morgan fingerprint density at radius 2 is 2.31 bits per heavy atom. The van der Waals surface area contributed by atoms with Crippen LogP contribution in [0.3, 0.4) is 0 Å². The van der Waals surface area contributed by atoms with Gasteiger partial charge in [0.25, 0.3) is 5.79 Å². The molecular weight excluding hydrogens is 391 g/mol. The van der Waals surface area contributed by atoms with Gasteiger partial charge in [-0.3, -0.25) is 0 Å². The van der Waals surface area contributed by atoms with Crippen LogP contribution < -0.4 is 0 Å². The van der Waals surface area contributed by atoms with E-state index in [1.165, 1.54) is 7.11 Å². The molecule has 0 amide bonds. The number of alkyl halides is 1. The molecule has 4 nitrogen and oxygen atoms in total. The smallest absolute Gasteiger partial charge is 0.340 e. The van der Waals surface area contributed by atoms with E-state index in [0.29, 0.717) is 15.3 Å². The molecule has 0 aromatic rings. The van der Waals surface area contributed by atoms with Crippen molar-refractivity contribution in [2.45, 2.75) is 31.7 Å². The summed E-state index contributed by atoms with van der Waals surface area (Å²) in [6.07, 6.45) is 0.523. The molecule has 0 aromatic heterocycles. The number of aliphatic hydroxyl groups excluding tert-OH is 1. The molecule has 0 radical (unpaired) electrons. The van der Waals surface area contributed by atoms with Crippen LogP contribution >= 0.6 is 38.5 Å². The molecule has 6 heteroatoms. The van der Waals surface area contributed by atoms with Crippen LogP contribution in [0.25, 0.3) is 0 Å². The van der Waals surface area contributed by atoms with E-state index in [1.807, 2.05) is 6.92 Å². The maximum atomic E-state index is 11.7. The number of rotatable bonds is 5. The molecule has 1 heterocycles. The van der Waals surface area contributed by atoms with Gasteiger partial charge >= 0.3 is 5.97 Å². The lowest BCUT2D eigenvalue weighted by Crippen LogP contribution is -2.34. The second-order valence-corrected chi connectivity index (χ2v) is 5.07. The van der Waals surface area contributed by atoms with Crippen molar-refractivity contribution in [1.82, 2.24) is 0 Å². The monoisotopic (exact) mass is 404 g/mol. The van der Waals surface area contributed by atoms with Gasteiger partial charge in [0, 0.05) is 7.11 Å². The van der Waals surface area contributed by atoms with E-state index >= 15 is 0 Å². The normalized spacial score (nSPS) is 27.2. The first kappa shape index (κ1) is 14.4. The summed E-state index contributed by atoms with van der Waals surface area (Å²) >= 11 is 5.38. The maximum Gasteiger partial charge on any atom is 0.340 e. The van der Waals surface area contributed by atoms with E-state index in [1.54, 1.807) is 0 Å². The molecule has 16 heavy (non-hydrogen) atoms. The molecule has 0 fully saturated rings. The highest BCUT2D eigenvalue weighted by atomic mass is 127. The van der Waals surface area contributed by atoms with Crippen LogP contribution in [-0.4, -0.2) is 34.5 Å². The van der Waals surface area contributed by atoms with Crippen molar-refractivity contribution >= 4 is 44.5 Å². The van der Waals surface area contributed by atoms with Gasteiger partial charge in [-0.25, -0.2) is 4.79 Å². The molecule has 0 saturated heterocycles. The third-order valence-corrected chi connectivity index (χ3v) is 4.48. The number of esters is 1. The number of cyclic esters (lactones) is 1. The first-order valence-corrected chi connectivity index (χ1v) is 7.27. The first-order valence-electron chi connectivity index (χ1n) is 4.95. The van der Waals surface area contributed by atoms with Crippen molar-refractivity contribution in [2.75, 3.05) is 11.5 Å². The van der Waals surface area contributed by atoms with E-state index in [0.717, 1.165) is 6.42 Å². The predicted octanol–water partition coefficient (Wildman–Crippen LogP) is 2.13. The quantitative estimate of drug-likeness (QED) is 0.433. The fourth-order valence-corrected chi connectivity index (χ4v) is 3.70. The zero-order chi connectivity index (χ0) is 12.3. The van der Waals surface area contributed by atoms with Gasteiger partial charge in [-0.1, -0.05) is 35.9 Å². The van der Waals surface area contributed by atoms with Crippen LogP contribution in [-0.2, 0) is 14.3 Å². The number of carbonyl (C=O) groups is 1. The number of halogens is 2.